The normalized spacial score (nSPS) is 29.1. The Morgan fingerprint density at radius 1 is 1.16 bits per heavy atom. The summed E-state index contributed by atoms with van der Waals surface area (Å²) >= 11 is 0. The number of urea groups is 1. The molecule has 0 saturated carbocycles. The SMILES string of the molecule is O=C1C2Cc3ccccc3N2C(=O)N1C1CCOC1. The zero-order valence-electron chi connectivity index (χ0n) is 10.4. The van der Waals surface area contributed by atoms with E-state index in [1.54, 1.807) is 4.90 Å². The number of benzene rings is 1. The highest BCUT2D eigenvalue weighted by molar-refractivity contribution is 6.16. The van der Waals surface area contributed by atoms with Crippen molar-refractivity contribution in [1.82, 2.24) is 4.90 Å². The van der Waals surface area contributed by atoms with Gasteiger partial charge in [-0.25, -0.2) is 4.79 Å². The van der Waals surface area contributed by atoms with Gasteiger partial charge >= 0.3 is 6.03 Å². The van der Waals surface area contributed by atoms with Crippen LogP contribution in [0.4, 0.5) is 10.5 Å². The lowest BCUT2D eigenvalue weighted by Gasteiger charge is -2.21. The van der Waals surface area contributed by atoms with Gasteiger partial charge in [-0.05, 0) is 18.1 Å². The van der Waals surface area contributed by atoms with Crippen LogP contribution < -0.4 is 4.90 Å². The Hall–Kier alpha value is -1.88. The fourth-order valence-corrected chi connectivity index (χ4v) is 3.25. The Kier molecular flexibility index (Phi) is 2.20. The molecule has 2 unspecified atom stereocenters. The second-order valence-corrected chi connectivity index (χ2v) is 5.23. The summed E-state index contributed by atoms with van der Waals surface area (Å²) < 4.78 is 5.29. The zero-order chi connectivity index (χ0) is 13.0. The summed E-state index contributed by atoms with van der Waals surface area (Å²) in [5.41, 5.74) is 1.96. The van der Waals surface area contributed by atoms with E-state index in [0.717, 1.165) is 17.7 Å². The number of hydrogen-bond acceptors (Lipinski definition) is 3. The number of fused-ring (bicyclic) bond motifs is 3. The molecule has 98 valence electrons. The van der Waals surface area contributed by atoms with Crippen LogP contribution in [-0.2, 0) is 16.0 Å². The van der Waals surface area contributed by atoms with Crippen LogP contribution in [0.3, 0.4) is 0 Å². The predicted molar refractivity (Wildman–Crippen MR) is 67.9 cm³/mol. The Balaban J connectivity index is 1.72. The van der Waals surface area contributed by atoms with Gasteiger partial charge < -0.3 is 4.74 Å². The Bertz CT molecular complexity index is 566. The maximum absolute atomic E-state index is 12.5. The molecule has 0 aromatic heterocycles. The van der Waals surface area contributed by atoms with Gasteiger partial charge in [-0.1, -0.05) is 18.2 Å². The molecule has 3 aliphatic rings. The van der Waals surface area contributed by atoms with Gasteiger partial charge in [-0.15, -0.1) is 0 Å². The van der Waals surface area contributed by atoms with Gasteiger partial charge in [0.2, 0.25) is 0 Å². The van der Waals surface area contributed by atoms with Crippen LogP contribution in [0.15, 0.2) is 24.3 Å². The molecule has 0 radical (unpaired) electrons. The fraction of sp³-hybridized carbons (Fsp3) is 0.429. The molecule has 0 bridgehead atoms. The summed E-state index contributed by atoms with van der Waals surface area (Å²) in [6.45, 7) is 1.10. The molecule has 3 aliphatic heterocycles. The molecule has 1 aromatic carbocycles. The van der Waals surface area contributed by atoms with Gasteiger partial charge in [0.1, 0.15) is 6.04 Å². The van der Waals surface area contributed by atoms with E-state index in [-0.39, 0.29) is 24.0 Å². The molecule has 1 aromatic rings. The van der Waals surface area contributed by atoms with Crippen molar-refractivity contribution in [1.29, 1.82) is 0 Å². The van der Waals surface area contributed by atoms with Gasteiger partial charge in [-0.3, -0.25) is 14.6 Å². The minimum Gasteiger partial charge on any atom is -0.379 e. The molecule has 2 fully saturated rings. The van der Waals surface area contributed by atoms with E-state index in [2.05, 4.69) is 0 Å². The maximum atomic E-state index is 12.5. The molecule has 3 amide bonds. The summed E-state index contributed by atoms with van der Waals surface area (Å²) in [6.07, 6.45) is 1.38. The van der Waals surface area contributed by atoms with Crippen LogP contribution in [0.2, 0.25) is 0 Å². The smallest absolute Gasteiger partial charge is 0.332 e. The van der Waals surface area contributed by atoms with Gasteiger partial charge in [0.15, 0.2) is 0 Å². The second kappa shape index (κ2) is 3.81. The number of anilines is 1. The largest absolute Gasteiger partial charge is 0.379 e. The van der Waals surface area contributed by atoms with Crippen molar-refractivity contribution in [3.05, 3.63) is 29.8 Å². The van der Waals surface area contributed by atoms with Crippen molar-refractivity contribution in [3.8, 4) is 0 Å². The number of imide groups is 1. The van der Waals surface area contributed by atoms with E-state index < -0.39 is 0 Å². The lowest BCUT2D eigenvalue weighted by molar-refractivity contribution is -0.128. The molecule has 0 aliphatic carbocycles. The zero-order valence-corrected chi connectivity index (χ0v) is 10.4. The molecule has 5 heteroatoms. The molecule has 3 heterocycles. The topological polar surface area (TPSA) is 49.9 Å². The van der Waals surface area contributed by atoms with Crippen LogP contribution in [-0.4, -0.2) is 42.1 Å². The molecule has 0 spiro atoms. The summed E-state index contributed by atoms with van der Waals surface area (Å²) in [4.78, 5) is 28.0. The predicted octanol–water partition coefficient (Wildman–Crippen LogP) is 1.17. The number of hydrogen-bond donors (Lipinski definition) is 0. The summed E-state index contributed by atoms with van der Waals surface area (Å²) in [5, 5.41) is 0. The lowest BCUT2D eigenvalue weighted by Crippen LogP contribution is -2.42. The molecular weight excluding hydrogens is 244 g/mol. The first kappa shape index (κ1) is 11.0. The number of carbonyl (C=O) groups excluding carboxylic acids is 2. The average molecular weight is 258 g/mol. The van der Waals surface area contributed by atoms with Crippen molar-refractivity contribution in [2.75, 3.05) is 18.1 Å². The molecule has 4 rings (SSSR count). The molecule has 2 atom stereocenters. The number of amides is 3. The summed E-state index contributed by atoms with van der Waals surface area (Å²) in [5.74, 6) is -0.0725. The maximum Gasteiger partial charge on any atom is 0.332 e. The molecular formula is C14H14N2O3. The van der Waals surface area contributed by atoms with Crippen molar-refractivity contribution in [2.24, 2.45) is 0 Å². The van der Waals surface area contributed by atoms with Crippen LogP contribution in [0.25, 0.3) is 0 Å². The third-order valence-corrected chi connectivity index (χ3v) is 4.18. The standard InChI is InChI=1S/C14H14N2O3/c17-13-12-7-9-3-1-2-4-11(9)16(12)14(18)15(13)10-5-6-19-8-10/h1-4,10,12H,5-8H2. The number of para-hydroxylation sites is 1. The first-order valence-electron chi connectivity index (χ1n) is 6.59. The Morgan fingerprint density at radius 2 is 2.00 bits per heavy atom. The van der Waals surface area contributed by atoms with Gasteiger partial charge in [0, 0.05) is 18.7 Å². The van der Waals surface area contributed by atoms with Crippen molar-refractivity contribution in [3.63, 3.8) is 0 Å². The molecule has 0 N–H and O–H groups in total. The van der Waals surface area contributed by atoms with Crippen LogP contribution in [0.5, 0.6) is 0 Å². The van der Waals surface area contributed by atoms with E-state index in [9.17, 15) is 9.59 Å². The average Bonchev–Trinajstić information content (AvgIpc) is 3.08. The Morgan fingerprint density at radius 3 is 2.79 bits per heavy atom. The summed E-state index contributed by atoms with van der Waals surface area (Å²) in [7, 11) is 0. The van der Waals surface area contributed by atoms with Crippen LogP contribution >= 0.6 is 0 Å². The lowest BCUT2D eigenvalue weighted by atomic mass is 10.1. The minimum atomic E-state index is -0.342. The fourth-order valence-electron chi connectivity index (χ4n) is 3.25. The number of carbonyl (C=O) groups is 2. The third-order valence-electron chi connectivity index (χ3n) is 4.18. The molecule has 19 heavy (non-hydrogen) atoms. The highest BCUT2D eigenvalue weighted by atomic mass is 16.5. The number of nitrogens with zero attached hydrogens (tertiary/aromatic N) is 2. The van der Waals surface area contributed by atoms with Gasteiger partial charge in [0.25, 0.3) is 5.91 Å². The van der Waals surface area contributed by atoms with Gasteiger partial charge in [-0.2, -0.15) is 0 Å². The summed E-state index contributed by atoms with van der Waals surface area (Å²) in [6, 6.07) is 7.13. The van der Waals surface area contributed by atoms with E-state index >= 15 is 0 Å². The highest BCUT2D eigenvalue weighted by Crippen LogP contribution is 2.38. The number of ether oxygens (including phenoxy) is 1. The molecule has 5 nitrogen and oxygen atoms in total. The quantitative estimate of drug-likeness (QED) is 0.710. The van der Waals surface area contributed by atoms with E-state index in [1.165, 1.54) is 4.90 Å². The minimum absolute atomic E-state index is 0.0725. The number of rotatable bonds is 1. The van der Waals surface area contributed by atoms with Crippen molar-refractivity contribution in [2.45, 2.75) is 24.9 Å². The monoisotopic (exact) mass is 258 g/mol. The first-order chi connectivity index (χ1) is 9.27. The van der Waals surface area contributed by atoms with E-state index in [0.29, 0.717) is 19.6 Å². The van der Waals surface area contributed by atoms with Crippen molar-refractivity contribution < 1.29 is 14.3 Å². The van der Waals surface area contributed by atoms with Gasteiger partial charge in [0.05, 0.1) is 12.6 Å². The Labute approximate surface area is 110 Å². The van der Waals surface area contributed by atoms with Crippen molar-refractivity contribution >= 4 is 17.6 Å². The second-order valence-electron chi connectivity index (χ2n) is 5.23. The van der Waals surface area contributed by atoms with Crippen LogP contribution in [0, 0.1) is 0 Å². The van der Waals surface area contributed by atoms with E-state index in [4.69, 9.17) is 4.74 Å². The first-order valence-corrected chi connectivity index (χ1v) is 6.59. The van der Waals surface area contributed by atoms with E-state index in [1.807, 2.05) is 24.3 Å². The molecule has 2 saturated heterocycles. The van der Waals surface area contributed by atoms with Crippen LogP contribution in [0.1, 0.15) is 12.0 Å². The third kappa shape index (κ3) is 1.39. The highest BCUT2D eigenvalue weighted by Gasteiger charge is 2.52.